The van der Waals surface area contributed by atoms with E-state index in [1.54, 1.807) is 17.3 Å². The summed E-state index contributed by atoms with van der Waals surface area (Å²) in [6, 6.07) is 9.78. The minimum absolute atomic E-state index is 0.0628. The van der Waals surface area contributed by atoms with Crippen LogP contribution in [0.4, 0.5) is 11.9 Å². The second-order valence-corrected chi connectivity index (χ2v) is 8.65. The molecular weight excluding hydrogens is 406 g/mol. The topological polar surface area (TPSA) is 119 Å². The second-order valence-electron chi connectivity index (χ2n) is 8.65. The van der Waals surface area contributed by atoms with Crippen molar-refractivity contribution in [1.29, 1.82) is 0 Å². The van der Waals surface area contributed by atoms with Crippen LogP contribution in [0.25, 0.3) is 0 Å². The van der Waals surface area contributed by atoms with Gasteiger partial charge in [-0.2, -0.15) is 0 Å². The summed E-state index contributed by atoms with van der Waals surface area (Å²) in [4.78, 5) is 42.0. The van der Waals surface area contributed by atoms with E-state index >= 15 is 0 Å². The number of carbonyl (C=O) groups excluding carboxylic acids is 2. The number of hydrogen-bond acceptors (Lipinski definition) is 5. The summed E-state index contributed by atoms with van der Waals surface area (Å²) in [6.45, 7) is 0.596. The van der Waals surface area contributed by atoms with Crippen molar-refractivity contribution < 1.29 is 9.59 Å². The largest absolute Gasteiger partial charge is 0.328 e. The minimum Gasteiger partial charge on any atom is -0.328 e. The second kappa shape index (κ2) is 8.96. The number of benzene rings is 1. The summed E-state index contributed by atoms with van der Waals surface area (Å²) >= 11 is 0. The van der Waals surface area contributed by atoms with Crippen molar-refractivity contribution in [2.75, 3.05) is 23.7 Å². The normalized spacial score (nSPS) is 15.7. The van der Waals surface area contributed by atoms with Gasteiger partial charge in [-0.25, -0.2) is 9.97 Å². The fraction of sp³-hybridized carbons (Fsp3) is 0.391. The summed E-state index contributed by atoms with van der Waals surface area (Å²) in [5.41, 5.74) is 3.14. The van der Waals surface area contributed by atoms with E-state index in [1.807, 2.05) is 30.3 Å². The van der Waals surface area contributed by atoms with Crippen molar-refractivity contribution in [2.24, 2.45) is 0 Å². The molecule has 1 aromatic carbocycles. The minimum atomic E-state index is -0.223. The van der Waals surface area contributed by atoms with Gasteiger partial charge in [0.15, 0.2) is 0 Å². The van der Waals surface area contributed by atoms with Crippen molar-refractivity contribution >= 4 is 23.7 Å². The van der Waals surface area contributed by atoms with E-state index in [0.717, 1.165) is 42.6 Å². The maximum absolute atomic E-state index is 12.7. The Morgan fingerprint density at radius 1 is 0.844 bits per heavy atom. The number of imidazole rings is 2. The Balaban J connectivity index is 1.20. The number of carbonyl (C=O) groups is 2. The van der Waals surface area contributed by atoms with Gasteiger partial charge in [0.05, 0.1) is 25.5 Å². The molecule has 0 bridgehead atoms. The van der Waals surface area contributed by atoms with Gasteiger partial charge in [-0.15, -0.1) is 0 Å². The summed E-state index contributed by atoms with van der Waals surface area (Å²) in [6.07, 6.45) is 8.20. The lowest BCUT2D eigenvalue weighted by Crippen LogP contribution is -2.38. The van der Waals surface area contributed by atoms with Crippen LogP contribution in [0.1, 0.15) is 54.5 Å². The van der Waals surface area contributed by atoms with Gasteiger partial charge in [-0.3, -0.25) is 25.1 Å². The van der Waals surface area contributed by atoms with E-state index in [-0.39, 0.29) is 24.9 Å². The molecule has 5 rings (SSSR count). The van der Waals surface area contributed by atoms with Crippen LogP contribution in [-0.2, 0) is 16.1 Å². The average molecular weight is 434 g/mol. The molecular formula is C23H27N7O2. The molecule has 0 radical (unpaired) electrons. The Morgan fingerprint density at radius 3 is 1.81 bits per heavy atom. The first-order valence-electron chi connectivity index (χ1n) is 11.1. The monoisotopic (exact) mass is 433 g/mol. The smallest absolute Gasteiger partial charge is 0.240 e. The van der Waals surface area contributed by atoms with E-state index in [2.05, 4.69) is 30.6 Å². The van der Waals surface area contributed by atoms with E-state index in [1.165, 1.54) is 0 Å². The Bertz CT molecular complexity index is 1020. The summed E-state index contributed by atoms with van der Waals surface area (Å²) in [5, 5.41) is 5.62. The van der Waals surface area contributed by atoms with Gasteiger partial charge in [-0.1, -0.05) is 30.3 Å². The van der Waals surface area contributed by atoms with Crippen molar-refractivity contribution in [3.63, 3.8) is 0 Å². The van der Waals surface area contributed by atoms with Gasteiger partial charge in [0.1, 0.15) is 0 Å². The maximum Gasteiger partial charge on any atom is 0.240 e. The van der Waals surface area contributed by atoms with Gasteiger partial charge >= 0.3 is 0 Å². The lowest BCUT2D eigenvalue weighted by molar-refractivity contribution is -0.120. The SMILES string of the molecule is O=C(CN(CC(=O)Nc1ncc(C2CC2)[nH]1)Cc1ccccc1)Nc1ncc(C2CC2)[nH]1. The summed E-state index contributed by atoms with van der Waals surface area (Å²) in [7, 11) is 0. The van der Waals surface area contributed by atoms with Gasteiger partial charge < -0.3 is 9.97 Å². The highest BCUT2D eigenvalue weighted by Crippen LogP contribution is 2.39. The number of anilines is 2. The molecule has 2 heterocycles. The van der Waals surface area contributed by atoms with E-state index in [9.17, 15) is 9.59 Å². The Kier molecular flexibility index (Phi) is 5.72. The maximum atomic E-state index is 12.7. The van der Waals surface area contributed by atoms with Crippen molar-refractivity contribution in [1.82, 2.24) is 24.8 Å². The number of aromatic nitrogens is 4. The van der Waals surface area contributed by atoms with Crippen LogP contribution in [0.3, 0.4) is 0 Å². The number of nitrogens with one attached hydrogen (secondary N) is 4. The zero-order valence-electron chi connectivity index (χ0n) is 17.8. The van der Waals surface area contributed by atoms with Gasteiger partial charge in [0.25, 0.3) is 0 Å². The summed E-state index contributed by atoms with van der Waals surface area (Å²) in [5.74, 6) is 1.52. The Morgan fingerprint density at radius 2 is 1.34 bits per heavy atom. The predicted molar refractivity (Wildman–Crippen MR) is 120 cm³/mol. The number of nitrogens with zero attached hydrogens (tertiary/aromatic N) is 3. The molecule has 0 saturated heterocycles. The van der Waals surface area contributed by atoms with Gasteiger partial charge in [-0.05, 0) is 31.2 Å². The quantitative estimate of drug-likeness (QED) is 0.392. The van der Waals surface area contributed by atoms with Crippen LogP contribution < -0.4 is 10.6 Å². The van der Waals surface area contributed by atoms with Crippen molar-refractivity contribution in [3.8, 4) is 0 Å². The number of hydrogen-bond donors (Lipinski definition) is 4. The van der Waals surface area contributed by atoms with Gasteiger partial charge in [0.2, 0.25) is 23.7 Å². The number of H-pyrrole nitrogens is 2. The molecule has 0 spiro atoms. The molecule has 2 amide bonds. The molecule has 2 aliphatic carbocycles. The molecule has 4 N–H and O–H groups in total. The first-order valence-corrected chi connectivity index (χ1v) is 11.1. The number of aromatic amines is 2. The molecule has 32 heavy (non-hydrogen) atoms. The Hall–Kier alpha value is -3.46. The molecule has 2 aliphatic rings. The van der Waals surface area contributed by atoms with E-state index in [4.69, 9.17) is 0 Å². The van der Waals surface area contributed by atoms with Crippen LogP contribution in [0, 0.1) is 0 Å². The molecule has 2 saturated carbocycles. The molecule has 2 fully saturated rings. The lowest BCUT2D eigenvalue weighted by atomic mass is 10.2. The fourth-order valence-corrected chi connectivity index (χ4v) is 3.76. The predicted octanol–water partition coefficient (Wildman–Crippen LogP) is 2.97. The molecule has 3 aromatic rings. The van der Waals surface area contributed by atoms with E-state index < -0.39 is 0 Å². The van der Waals surface area contributed by atoms with E-state index in [0.29, 0.717) is 30.3 Å². The van der Waals surface area contributed by atoms with Crippen molar-refractivity contribution in [2.45, 2.75) is 44.1 Å². The molecule has 0 unspecified atom stereocenters. The third-order valence-corrected chi connectivity index (χ3v) is 5.72. The highest BCUT2D eigenvalue weighted by molar-refractivity contribution is 5.93. The van der Waals surface area contributed by atoms with Crippen LogP contribution in [0.15, 0.2) is 42.7 Å². The molecule has 2 aromatic heterocycles. The van der Waals surface area contributed by atoms with Crippen LogP contribution in [0.2, 0.25) is 0 Å². The van der Waals surface area contributed by atoms with Gasteiger partial charge in [0, 0.05) is 29.8 Å². The highest BCUT2D eigenvalue weighted by Gasteiger charge is 2.27. The number of amides is 2. The van der Waals surface area contributed by atoms with Crippen LogP contribution >= 0.6 is 0 Å². The fourth-order valence-electron chi connectivity index (χ4n) is 3.76. The lowest BCUT2D eigenvalue weighted by Gasteiger charge is -2.21. The first-order chi connectivity index (χ1) is 15.6. The summed E-state index contributed by atoms with van der Waals surface area (Å²) < 4.78 is 0. The highest BCUT2D eigenvalue weighted by atomic mass is 16.2. The molecule has 9 heteroatoms. The number of rotatable bonds is 10. The first kappa shape index (κ1) is 20.4. The van der Waals surface area contributed by atoms with Crippen LogP contribution in [-0.4, -0.2) is 49.7 Å². The molecule has 0 atom stereocenters. The van der Waals surface area contributed by atoms with Crippen molar-refractivity contribution in [3.05, 3.63) is 59.7 Å². The Labute approximate surface area is 186 Å². The van der Waals surface area contributed by atoms with Crippen LogP contribution in [0.5, 0.6) is 0 Å². The third kappa shape index (κ3) is 5.42. The molecule has 0 aliphatic heterocycles. The average Bonchev–Trinajstić information content (AvgIpc) is 3.70. The third-order valence-electron chi connectivity index (χ3n) is 5.72. The zero-order valence-corrected chi connectivity index (χ0v) is 17.8. The zero-order chi connectivity index (χ0) is 21.9. The molecule has 9 nitrogen and oxygen atoms in total. The standard InChI is InChI=1S/C23H27N7O2/c31-20(28-22-24-10-18(26-22)16-6-7-16)13-30(12-15-4-2-1-3-5-15)14-21(32)29-23-25-11-19(27-23)17-8-9-17/h1-5,10-11,16-17H,6-9,12-14H2,(H2,24,26,28,31)(H2,25,27,29,32). The molecule has 166 valence electrons.